The van der Waals surface area contributed by atoms with Crippen molar-refractivity contribution >= 4 is 23.8 Å². The van der Waals surface area contributed by atoms with Crippen LogP contribution in [0.2, 0.25) is 0 Å². The smallest absolute Gasteiger partial charge is 0.262 e. The Morgan fingerprint density at radius 2 is 1.72 bits per heavy atom. The van der Waals surface area contributed by atoms with Gasteiger partial charge in [0.05, 0.1) is 26.3 Å². The van der Waals surface area contributed by atoms with Crippen LogP contribution < -0.4 is 25.0 Å². The number of hydrogen-bond donors (Lipinski definition) is 3. The van der Waals surface area contributed by atoms with E-state index in [1.807, 2.05) is 67.6 Å². The Bertz CT molecular complexity index is 1400. The van der Waals surface area contributed by atoms with Gasteiger partial charge in [-0.25, -0.2) is 9.77 Å². The summed E-state index contributed by atoms with van der Waals surface area (Å²) < 4.78 is 18.9. The standard InChI is InChI=1S/C26H27N5O4S/c1-17-11-13-19(14-12-17)28-23(32)16-35-24-18(7-6-10-22(24)34-3)15-27-31-25(29-30-26(31)36)20-8-4-5-9-21(20)33-2/h4-14,27H,15-16H2,1-3H3,(H,28,32)(H,30,36). The summed E-state index contributed by atoms with van der Waals surface area (Å²) in [5.41, 5.74) is 6.64. The number of para-hydroxylation sites is 2. The van der Waals surface area contributed by atoms with Crippen LogP contribution in [0, 0.1) is 11.7 Å². The molecule has 10 heteroatoms. The highest BCUT2D eigenvalue weighted by molar-refractivity contribution is 7.71. The van der Waals surface area contributed by atoms with Crippen LogP contribution in [0.25, 0.3) is 11.4 Å². The number of anilines is 1. The van der Waals surface area contributed by atoms with Crippen molar-refractivity contribution in [3.05, 3.63) is 82.6 Å². The van der Waals surface area contributed by atoms with E-state index in [0.717, 1.165) is 16.7 Å². The first-order chi connectivity index (χ1) is 17.5. The number of ether oxygens (including phenoxy) is 3. The van der Waals surface area contributed by atoms with Crippen LogP contribution in [0.1, 0.15) is 11.1 Å². The van der Waals surface area contributed by atoms with Crippen LogP contribution in [0.3, 0.4) is 0 Å². The number of rotatable bonds is 10. The second-order valence-electron chi connectivity index (χ2n) is 7.87. The summed E-state index contributed by atoms with van der Waals surface area (Å²) >= 11 is 5.44. The predicted octanol–water partition coefficient (Wildman–Crippen LogP) is 4.69. The molecule has 0 saturated heterocycles. The van der Waals surface area contributed by atoms with Crippen molar-refractivity contribution in [3.63, 3.8) is 0 Å². The minimum atomic E-state index is -0.279. The van der Waals surface area contributed by atoms with Crippen molar-refractivity contribution in [1.29, 1.82) is 0 Å². The summed E-state index contributed by atoms with van der Waals surface area (Å²) in [5, 5.41) is 10.0. The zero-order valence-electron chi connectivity index (χ0n) is 20.2. The molecule has 1 amide bonds. The minimum absolute atomic E-state index is 0.182. The lowest BCUT2D eigenvalue weighted by Crippen LogP contribution is -2.21. The molecule has 0 unspecified atom stereocenters. The Hall–Kier alpha value is -4.31. The summed E-state index contributed by atoms with van der Waals surface area (Å²) in [4.78, 5) is 12.5. The molecule has 0 saturated carbocycles. The predicted molar refractivity (Wildman–Crippen MR) is 141 cm³/mol. The Morgan fingerprint density at radius 3 is 2.47 bits per heavy atom. The highest BCUT2D eigenvalue weighted by Crippen LogP contribution is 2.32. The van der Waals surface area contributed by atoms with Crippen molar-refractivity contribution in [1.82, 2.24) is 14.9 Å². The van der Waals surface area contributed by atoms with Gasteiger partial charge >= 0.3 is 0 Å². The number of aromatic amines is 1. The summed E-state index contributed by atoms with van der Waals surface area (Å²) in [6.07, 6.45) is 0. The maximum absolute atomic E-state index is 12.5. The molecule has 1 aromatic heterocycles. The van der Waals surface area contributed by atoms with Gasteiger partial charge in [-0.2, -0.15) is 5.10 Å². The fraction of sp³-hybridized carbons (Fsp3) is 0.192. The van der Waals surface area contributed by atoms with E-state index in [0.29, 0.717) is 40.1 Å². The summed E-state index contributed by atoms with van der Waals surface area (Å²) in [5.74, 6) is 1.93. The number of aryl methyl sites for hydroxylation is 1. The van der Waals surface area contributed by atoms with Crippen molar-refractivity contribution in [2.24, 2.45) is 0 Å². The molecule has 0 fully saturated rings. The van der Waals surface area contributed by atoms with E-state index in [2.05, 4.69) is 20.9 Å². The largest absolute Gasteiger partial charge is 0.496 e. The summed E-state index contributed by atoms with van der Waals surface area (Å²) in [7, 11) is 3.16. The molecule has 1 heterocycles. The van der Waals surface area contributed by atoms with Gasteiger partial charge < -0.3 is 25.0 Å². The van der Waals surface area contributed by atoms with E-state index in [1.54, 1.807) is 25.0 Å². The van der Waals surface area contributed by atoms with Gasteiger partial charge in [-0.15, -0.1) is 0 Å². The quantitative estimate of drug-likeness (QED) is 0.269. The Morgan fingerprint density at radius 1 is 1.00 bits per heavy atom. The average molecular weight is 506 g/mol. The molecule has 3 aromatic carbocycles. The van der Waals surface area contributed by atoms with Crippen LogP contribution in [0.5, 0.6) is 17.2 Å². The molecule has 9 nitrogen and oxygen atoms in total. The normalized spacial score (nSPS) is 10.5. The first-order valence-corrected chi connectivity index (χ1v) is 11.6. The highest BCUT2D eigenvalue weighted by Gasteiger charge is 2.16. The average Bonchev–Trinajstić information content (AvgIpc) is 3.27. The fourth-order valence-electron chi connectivity index (χ4n) is 3.61. The molecule has 4 aromatic rings. The number of methoxy groups -OCH3 is 2. The molecule has 0 aliphatic carbocycles. The molecule has 186 valence electrons. The Balaban J connectivity index is 1.51. The molecular formula is C26H27N5O4S. The molecule has 0 bridgehead atoms. The summed E-state index contributed by atoms with van der Waals surface area (Å²) in [6.45, 7) is 2.13. The van der Waals surface area contributed by atoms with Crippen molar-refractivity contribution < 1.29 is 19.0 Å². The molecule has 0 atom stereocenters. The van der Waals surface area contributed by atoms with Gasteiger partial charge in [0.25, 0.3) is 5.91 Å². The molecule has 4 rings (SSSR count). The van der Waals surface area contributed by atoms with E-state index in [-0.39, 0.29) is 12.5 Å². The van der Waals surface area contributed by atoms with Crippen molar-refractivity contribution in [2.75, 3.05) is 31.6 Å². The van der Waals surface area contributed by atoms with Crippen LogP contribution in [-0.4, -0.2) is 41.6 Å². The van der Waals surface area contributed by atoms with Gasteiger partial charge in [-0.3, -0.25) is 4.79 Å². The number of amides is 1. The Labute approximate surface area is 214 Å². The number of benzene rings is 3. The van der Waals surface area contributed by atoms with E-state index >= 15 is 0 Å². The lowest BCUT2D eigenvalue weighted by molar-refractivity contribution is -0.118. The van der Waals surface area contributed by atoms with Gasteiger partial charge in [0.15, 0.2) is 23.9 Å². The number of aromatic nitrogens is 3. The third kappa shape index (κ3) is 5.66. The van der Waals surface area contributed by atoms with Crippen LogP contribution in [0.4, 0.5) is 5.69 Å². The van der Waals surface area contributed by atoms with E-state index in [9.17, 15) is 4.79 Å². The second-order valence-corrected chi connectivity index (χ2v) is 8.26. The third-order valence-electron chi connectivity index (χ3n) is 5.41. The third-order valence-corrected chi connectivity index (χ3v) is 5.68. The molecule has 0 aliphatic rings. The van der Waals surface area contributed by atoms with Gasteiger partial charge in [0.1, 0.15) is 5.75 Å². The van der Waals surface area contributed by atoms with E-state index in [4.69, 9.17) is 26.4 Å². The van der Waals surface area contributed by atoms with Crippen LogP contribution in [0.15, 0.2) is 66.7 Å². The number of hydrogen-bond acceptors (Lipinski definition) is 7. The lowest BCUT2D eigenvalue weighted by atomic mass is 10.2. The van der Waals surface area contributed by atoms with Gasteiger partial charge in [0, 0.05) is 11.3 Å². The molecular weight excluding hydrogens is 478 g/mol. The van der Waals surface area contributed by atoms with Crippen LogP contribution in [-0.2, 0) is 11.3 Å². The molecule has 0 spiro atoms. The summed E-state index contributed by atoms with van der Waals surface area (Å²) in [6, 6.07) is 20.6. The minimum Gasteiger partial charge on any atom is -0.496 e. The van der Waals surface area contributed by atoms with E-state index < -0.39 is 0 Å². The zero-order chi connectivity index (χ0) is 25.5. The SMILES string of the molecule is COc1ccccc1-c1n[nH]c(=S)n1NCc1cccc(OC)c1OCC(=O)Nc1ccc(C)cc1. The van der Waals surface area contributed by atoms with Crippen molar-refractivity contribution in [3.8, 4) is 28.6 Å². The number of nitrogens with zero attached hydrogens (tertiary/aromatic N) is 2. The van der Waals surface area contributed by atoms with Crippen LogP contribution >= 0.6 is 12.2 Å². The molecule has 0 radical (unpaired) electrons. The lowest BCUT2D eigenvalue weighted by Gasteiger charge is -2.17. The molecule has 3 N–H and O–H groups in total. The topological polar surface area (TPSA) is 102 Å². The van der Waals surface area contributed by atoms with Gasteiger partial charge in [-0.05, 0) is 49.5 Å². The van der Waals surface area contributed by atoms with Gasteiger partial charge in [-0.1, -0.05) is 42.0 Å². The molecule has 36 heavy (non-hydrogen) atoms. The van der Waals surface area contributed by atoms with E-state index in [1.165, 1.54) is 0 Å². The zero-order valence-corrected chi connectivity index (χ0v) is 21.0. The monoisotopic (exact) mass is 505 g/mol. The first kappa shape index (κ1) is 24.8. The fourth-order valence-corrected chi connectivity index (χ4v) is 3.81. The number of nitrogens with one attached hydrogen (secondary N) is 3. The molecule has 0 aliphatic heterocycles. The maximum Gasteiger partial charge on any atom is 0.262 e. The number of H-pyrrole nitrogens is 1. The first-order valence-electron chi connectivity index (χ1n) is 11.2. The second kappa shape index (κ2) is 11.4. The highest BCUT2D eigenvalue weighted by atomic mass is 32.1. The van der Waals surface area contributed by atoms with Crippen molar-refractivity contribution in [2.45, 2.75) is 13.5 Å². The Kier molecular flexibility index (Phi) is 7.86. The number of carbonyl (C=O) groups excluding carboxylic acids is 1. The van der Waals surface area contributed by atoms with Gasteiger partial charge in [0.2, 0.25) is 4.77 Å². The maximum atomic E-state index is 12.5. The number of carbonyl (C=O) groups is 1.